The molecule has 1 fully saturated rings. The van der Waals surface area contributed by atoms with Gasteiger partial charge in [0, 0.05) is 24.0 Å². The lowest BCUT2D eigenvalue weighted by Crippen LogP contribution is -2.40. The predicted octanol–water partition coefficient (Wildman–Crippen LogP) is 1.58. The summed E-state index contributed by atoms with van der Waals surface area (Å²) in [7, 11) is 0. The van der Waals surface area contributed by atoms with E-state index in [-0.39, 0.29) is 23.4 Å². The zero-order chi connectivity index (χ0) is 13.8. The van der Waals surface area contributed by atoms with Gasteiger partial charge in [-0.3, -0.25) is 25.0 Å². The first-order valence-corrected chi connectivity index (χ1v) is 6.14. The molecule has 1 unspecified atom stereocenters. The lowest BCUT2D eigenvalue weighted by Gasteiger charge is -2.20. The zero-order valence-electron chi connectivity index (χ0n) is 10.3. The summed E-state index contributed by atoms with van der Waals surface area (Å²) in [5.41, 5.74) is 0.701. The molecule has 6 heteroatoms. The molecule has 1 N–H and O–H groups in total. The second-order valence-electron chi connectivity index (χ2n) is 4.57. The van der Waals surface area contributed by atoms with Gasteiger partial charge in [-0.2, -0.15) is 0 Å². The van der Waals surface area contributed by atoms with Crippen LogP contribution in [0.2, 0.25) is 0 Å². The van der Waals surface area contributed by atoms with Crippen LogP contribution in [0.1, 0.15) is 24.8 Å². The summed E-state index contributed by atoms with van der Waals surface area (Å²) in [6.45, 7) is 0. The molecule has 1 aliphatic rings. The maximum absolute atomic E-state index is 11.6. The lowest BCUT2D eigenvalue weighted by molar-refractivity contribution is -0.385. The summed E-state index contributed by atoms with van der Waals surface area (Å²) in [4.78, 5) is 33.0. The number of carbonyl (C=O) groups is 2. The fourth-order valence-corrected chi connectivity index (χ4v) is 2.24. The summed E-state index contributed by atoms with van der Waals surface area (Å²) >= 11 is 0. The largest absolute Gasteiger partial charge is 0.296 e. The van der Waals surface area contributed by atoms with E-state index >= 15 is 0 Å². The van der Waals surface area contributed by atoms with E-state index in [4.69, 9.17) is 0 Å². The number of hydrogen-bond acceptors (Lipinski definition) is 4. The number of carbonyl (C=O) groups excluding carboxylic acids is 2. The lowest BCUT2D eigenvalue weighted by atomic mass is 9.91. The fraction of sp³-hybridized carbons (Fsp3) is 0.385. The first-order valence-electron chi connectivity index (χ1n) is 6.14. The molecule has 0 spiro atoms. The zero-order valence-corrected chi connectivity index (χ0v) is 10.3. The summed E-state index contributed by atoms with van der Waals surface area (Å²) in [5.74, 6) is -0.751. The molecule has 0 aromatic heterocycles. The van der Waals surface area contributed by atoms with Crippen LogP contribution in [-0.4, -0.2) is 16.7 Å². The van der Waals surface area contributed by atoms with Crippen molar-refractivity contribution in [3.63, 3.8) is 0 Å². The van der Waals surface area contributed by atoms with Gasteiger partial charge in [0.05, 0.1) is 4.92 Å². The Labute approximate surface area is 110 Å². The van der Waals surface area contributed by atoms with Crippen LogP contribution < -0.4 is 5.32 Å². The molecule has 1 heterocycles. The highest BCUT2D eigenvalue weighted by Gasteiger charge is 2.26. The molecule has 2 rings (SSSR count). The average molecular weight is 262 g/mol. The summed E-state index contributed by atoms with van der Waals surface area (Å²) in [5, 5.41) is 13.2. The number of nitrogens with one attached hydrogen (secondary N) is 1. The van der Waals surface area contributed by atoms with Crippen molar-refractivity contribution in [2.24, 2.45) is 5.92 Å². The van der Waals surface area contributed by atoms with Crippen LogP contribution in [0, 0.1) is 16.0 Å². The Morgan fingerprint density at radius 3 is 2.74 bits per heavy atom. The first-order chi connectivity index (χ1) is 9.08. The van der Waals surface area contributed by atoms with E-state index in [9.17, 15) is 19.7 Å². The van der Waals surface area contributed by atoms with Crippen LogP contribution in [-0.2, 0) is 16.0 Å². The average Bonchev–Trinajstić information content (AvgIpc) is 2.38. The second-order valence-corrected chi connectivity index (χ2v) is 4.57. The number of rotatable bonds is 4. The van der Waals surface area contributed by atoms with Gasteiger partial charge in [0.1, 0.15) is 0 Å². The van der Waals surface area contributed by atoms with Crippen LogP contribution in [0.4, 0.5) is 5.69 Å². The van der Waals surface area contributed by atoms with Crippen molar-refractivity contribution in [2.75, 3.05) is 0 Å². The number of nitrogens with zero attached hydrogens (tertiary/aromatic N) is 1. The smallest absolute Gasteiger partial charge is 0.272 e. The van der Waals surface area contributed by atoms with Gasteiger partial charge in [0.25, 0.3) is 5.69 Å². The van der Waals surface area contributed by atoms with E-state index in [0.29, 0.717) is 31.2 Å². The van der Waals surface area contributed by atoms with Crippen molar-refractivity contribution >= 4 is 17.5 Å². The van der Waals surface area contributed by atoms with Gasteiger partial charge in [0.2, 0.25) is 11.8 Å². The third kappa shape index (κ3) is 3.15. The summed E-state index contributed by atoms with van der Waals surface area (Å²) < 4.78 is 0. The number of para-hydroxylation sites is 1. The van der Waals surface area contributed by atoms with E-state index in [1.807, 2.05) is 0 Å². The number of piperidine rings is 1. The Balaban J connectivity index is 2.01. The van der Waals surface area contributed by atoms with Crippen LogP contribution in [0.5, 0.6) is 0 Å². The first kappa shape index (κ1) is 13.2. The SMILES string of the molecule is O=C1CCC(CCc2ccccc2[N+](=O)[O-])C(=O)N1. The molecular formula is C13H14N2O4. The maximum Gasteiger partial charge on any atom is 0.272 e. The number of nitro benzene ring substituents is 1. The van der Waals surface area contributed by atoms with Crippen molar-refractivity contribution in [3.05, 3.63) is 39.9 Å². The van der Waals surface area contributed by atoms with Gasteiger partial charge in [-0.1, -0.05) is 18.2 Å². The second kappa shape index (κ2) is 5.60. The molecule has 2 amide bonds. The molecule has 0 radical (unpaired) electrons. The number of hydrogen-bond donors (Lipinski definition) is 1. The molecule has 1 atom stereocenters. The van der Waals surface area contributed by atoms with Gasteiger partial charge in [-0.15, -0.1) is 0 Å². The maximum atomic E-state index is 11.6. The number of aryl methyl sites for hydroxylation is 1. The Morgan fingerprint density at radius 2 is 2.05 bits per heavy atom. The van der Waals surface area contributed by atoms with Crippen molar-refractivity contribution in [1.29, 1.82) is 0 Å². The van der Waals surface area contributed by atoms with Gasteiger partial charge >= 0.3 is 0 Å². The number of benzene rings is 1. The highest BCUT2D eigenvalue weighted by Crippen LogP contribution is 2.23. The van der Waals surface area contributed by atoms with Crippen molar-refractivity contribution < 1.29 is 14.5 Å². The summed E-state index contributed by atoms with van der Waals surface area (Å²) in [6, 6.07) is 6.52. The Morgan fingerprint density at radius 1 is 1.32 bits per heavy atom. The molecular weight excluding hydrogens is 248 g/mol. The minimum absolute atomic E-state index is 0.0785. The fourth-order valence-electron chi connectivity index (χ4n) is 2.24. The van der Waals surface area contributed by atoms with Gasteiger partial charge in [-0.05, 0) is 19.3 Å². The normalized spacial score (nSPS) is 19.1. The van der Waals surface area contributed by atoms with E-state index < -0.39 is 4.92 Å². The summed E-state index contributed by atoms with van der Waals surface area (Å²) in [6.07, 6.45) is 1.84. The van der Waals surface area contributed by atoms with Crippen LogP contribution >= 0.6 is 0 Å². The molecule has 19 heavy (non-hydrogen) atoms. The minimum atomic E-state index is -0.417. The van der Waals surface area contributed by atoms with Gasteiger partial charge in [0.15, 0.2) is 0 Å². The van der Waals surface area contributed by atoms with E-state index in [1.54, 1.807) is 18.2 Å². The standard InChI is InChI=1S/C13H14N2O4/c16-12-8-7-10(13(17)14-12)6-5-9-3-1-2-4-11(9)15(18)19/h1-4,10H,5-8H2,(H,14,16,17). The Bertz CT molecular complexity index is 527. The van der Waals surface area contributed by atoms with Crippen molar-refractivity contribution in [3.8, 4) is 0 Å². The molecule has 1 aromatic rings. The molecule has 6 nitrogen and oxygen atoms in total. The van der Waals surface area contributed by atoms with Crippen LogP contribution in [0.15, 0.2) is 24.3 Å². The number of nitro groups is 1. The third-order valence-electron chi connectivity index (χ3n) is 3.30. The molecule has 0 aliphatic carbocycles. The Hall–Kier alpha value is -2.24. The number of amides is 2. The molecule has 1 aliphatic heterocycles. The third-order valence-corrected chi connectivity index (χ3v) is 3.30. The van der Waals surface area contributed by atoms with Crippen LogP contribution in [0.3, 0.4) is 0 Å². The molecule has 0 bridgehead atoms. The quantitative estimate of drug-likeness (QED) is 0.506. The highest BCUT2D eigenvalue weighted by atomic mass is 16.6. The monoisotopic (exact) mass is 262 g/mol. The van der Waals surface area contributed by atoms with Gasteiger partial charge < -0.3 is 0 Å². The van der Waals surface area contributed by atoms with E-state index in [0.717, 1.165) is 0 Å². The number of imide groups is 1. The van der Waals surface area contributed by atoms with Crippen LogP contribution in [0.25, 0.3) is 0 Å². The molecule has 1 aromatic carbocycles. The van der Waals surface area contributed by atoms with E-state index in [2.05, 4.69) is 5.32 Å². The Kier molecular flexibility index (Phi) is 3.89. The topological polar surface area (TPSA) is 89.3 Å². The molecule has 0 saturated carbocycles. The van der Waals surface area contributed by atoms with E-state index in [1.165, 1.54) is 6.07 Å². The predicted molar refractivity (Wildman–Crippen MR) is 67.3 cm³/mol. The highest BCUT2D eigenvalue weighted by molar-refractivity contribution is 5.98. The van der Waals surface area contributed by atoms with Crippen molar-refractivity contribution in [2.45, 2.75) is 25.7 Å². The molecule has 100 valence electrons. The van der Waals surface area contributed by atoms with Gasteiger partial charge in [-0.25, -0.2) is 0 Å². The van der Waals surface area contributed by atoms with Crippen molar-refractivity contribution in [1.82, 2.24) is 5.32 Å². The molecule has 1 saturated heterocycles. The minimum Gasteiger partial charge on any atom is -0.296 e.